The molecule has 0 aliphatic heterocycles. The van der Waals surface area contributed by atoms with Crippen molar-refractivity contribution in [3.05, 3.63) is 29.6 Å². The van der Waals surface area contributed by atoms with Gasteiger partial charge < -0.3 is 5.11 Å². The maximum Gasteiger partial charge on any atom is 0.243 e. The molecule has 1 saturated carbocycles. The first-order valence-electron chi connectivity index (χ1n) is 5.42. The van der Waals surface area contributed by atoms with Crippen LogP contribution in [0.15, 0.2) is 23.1 Å². The molecule has 0 saturated heterocycles. The van der Waals surface area contributed by atoms with Crippen molar-refractivity contribution in [2.45, 2.75) is 24.3 Å². The van der Waals surface area contributed by atoms with Crippen LogP contribution in [-0.4, -0.2) is 20.1 Å². The summed E-state index contributed by atoms with van der Waals surface area (Å²) < 4.78 is 39.5. The molecule has 1 aliphatic carbocycles. The van der Waals surface area contributed by atoms with Gasteiger partial charge in [0.2, 0.25) is 10.0 Å². The van der Waals surface area contributed by atoms with Crippen LogP contribution in [0, 0.1) is 11.7 Å². The molecule has 0 aromatic heterocycles. The van der Waals surface area contributed by atoms with Crippen molar-refractivity contribution < 1.29 is 17.9 Å². The SMILES string of the molecule is O=S(=O)(NCC1CC1)c1cc(CO)ccc1F. The fourth-order valence-electron chi connectivity index (χ4n) is 1.48. The average molecular weight is 259 g/mol. The van der Waals surface area contributed by atoms with Gasteiger partial charge in [-0.3, -0.25) is 0 Å². The molecule has 0 spiro atoms. The summed E-state index contributed by atoms with van der Waals surface area (Å²) in [4.78, 5) is -0.398. The largest absolute Gasteiger partial charge is 0.392 e. The van der Waals surface area contributed by atoms with Crippen LogP contribution in [0.5, 0.6) is 0 Å². The number of rotatable bonds is 5. The van der Waals surface area contributed by atoms with Gasteiger partial charge in [0, 0.05) is 6.54 Å². The van der Waals surface area contributed by atoms with E-state index in [0.29, 0.717) is 18.0 Å². The summed E-state index contributed by atoms with van der Waals surface area (Å²) in [6, 6.07) is 3.57. The van der Waals surface area contributed by atoms with Gasteiger partial charge in [-0.2, -0.15) is 0 Å². The van der Waals surface area contributed by atoms with E-state index in [4.69, 9.17) is 5.11 Å². The third kappa shape index (κ3) is 3.02. The Morgan fingerprint density at radius 3 is 2.71 bits per heavy atom. The second kappa shape index (κ2) is 4.72. The van der Waals surface area contributed by atoms with Crippen molar-refractivity contribution in [3.8, 4) is 0 Å². The molecule has 1 fully saturated rings. The zero-order chi connectivity index (χ0) is 12.5. The smallest absolute Gasteiger partial charge is 0.243 e. The van der Waals surface area contributed by atoms with Crippen LogP contribution >= 0.6 is 0 Å². The zero-order valence-electron chi connectivity index (χ0n) is 9.19. The lowest BCUT2D eigenvalue weighted by Gasteiger charge is -2.08. The van der Waals surface area contributed by atoms with E-state index in [2.05, 4.69) is 4.72 Å². The normalized spacial score (nSPS) is 16.1. The highest BCUT2D eigenvalue weighted by molar-refractivity contribution is 7.89. The minimum Gasteiger partial charge on any atom is -0.392 e. The minimum atomic E-state index is -3.81. The summed E-state index contributed by atoms with van der Waals surface area (Å²) in [5, 5.41) is 8.91. The lowest BCUT2D eigenvalue weighted by molar-refractivity contribution is 0.281. The Balaban J connectivity index is 2.23. The summed E-state index contributed by atoms with van der Waals surface area (Å²) in [6.07, 6.45) is 2.03. The van der Waals surface area contributed by atoms with Crippen LogP contribution in [0.4, 0.5) is 4.39 Å². The summed E-state index contributed by atoms with van der Waals surface area (Å²) in [5.41, 5.74) is 0.373. The Bertz CT molecular complexity index is 511. The molecule has 0 heterocycles. The Morgan fingerprint density at radius 1 is 1.41 bits per heavy atom. The van der Waals surface area contributed by atoms with Gasteiger partial charge in [-0.15, -0.1) is 0 Å². The first-order chi connectivity index (χ1) is 8.03. The van der Waals surface area contributed by atoms with E-state index in [-0.39, 0.29) is 6.61 Å². The first kappa shape index (κ1) is 12.5. The van der Waals surface area contributed by atoms with Crippen LogP contribution in [0.1, 0.15) is 18.4 Å². The van der Waals surface area contributed by atoms with E-state index in [1.807, 2.05) is 0 Å². The summed E-state index contributed by atoms with van der Waals surface area (Å²) in [6.45, 7) is 0.0382. The molecule has 0 unspecified atom stereocenters. The molecule has 2 rings (SSSR count). The quantitative estimate of drug-likeness (QED) is 0.829. The molecular formula is C11H14FNO3S. The summed E-state index contributed by atoms with van der Waals surface area (Å²) in [7, 11) is -3.81. The zero-order valence-corrected chi connectivity index (χ0v) is 10.0. The number of hydrogen-bond acceptors (Lipinski definition) is 3. The molecule has 0 amide bonds. The van der Waals surface area contributed by atoms with E-state index >= 15 is 0 Å². The molecule has 0 atom stereocenters. The topological polar surface area (TPSA) is 66.4 Å². The molecule has 0 bridgehead atoms. The van der Waals surface area contributed by atoms with Gasteiger partial charge in [0.25, 0.3) is 0 Å². The van der Waals surface area contributed by atoms with Gasteiger partial charge in [0.1, 0.15) is 10.7 Å². The Morgan fingerprint density at radius 2 is 2.12 bits per heavy atom. The van der Waals surface area contributed by atoms with Crippen molar-refractivity contribution in [3.63, 3.8) is 0 Å². The van der Waals surface area contributed by atoms with Crippen molar-refractivity contribution in [2.24, 2.45) is 5.92 Å². The van der Waals surface area contributed by atoms with Gasteiger partial charge in [-0.1, -0.05) is 6.07 Å². The summed E-state index contributed by atoms with van der Waals surface area (Å²) >= 11 is 0. The maximum absolute atomic E-state index is 13.4. The van der Waals surface area contributed by atoms with Gasteiger partial charge in [-0.25, -0.2) is 17.5 Å². The predicted octanol–water partition coefficient (Wildman–Crippen LogP) is 1.01. The van der Waals surface area contributed by atoms with Gasteiger partial charge in [0.15, 0.2) is 0 Å². The highest BCUT2D eigenvalue weighted by Crippen LogP contribution is 2.28. The molecule has 4 nitrogen and oxygen atoms in total. The fraction of sp³-hybridized carbons (Fsp3) is 0.455. The number of nitrogens with one attached hydrogen (secondary N) is 1. The monoisotopic (exact) mass is 259 g/mol. The highest BCUT2D eigenvalue weighted by Gasteiger charge is 2.25. The summed E-state index contributed by atoms with van der Waals surface area (Å²) in [5.74, 6) is -0.417. The Labute approximate surface area is 99.5 Å². The number of benzene rings is 1. The van der Waals surface area contributed by atoms with Crippen molar-refractivity contribution in [1.82, 2.24) is 4.72 Å². The van der Waals surface area contributed by atoms with Crippen LogP contribution in [-0.2, 0) is 16.6 Å². The van der Waals surface area contributed by atoms with Crippen molar-refractivity contribution >= 4 is 10.0 Å². The Kier molecular flexibility index (Phi) is 3.46. The van der Waals surface area contributed by atoms with Crippen LogP contribution in [0.3, 0.4) is 0 Å². The standard InChI is InChI=1S/C11H14FNO3S/c12-10-4-3-9(7-14)5-11(10)17(15,16)13-6-8-1-2-8/h3-5,8,13-14H,1-2,6-7H2. The molecule has 0 radical (unpaired) electrons. The number of aliphatic hydroxyl groups excluding tert-OH is 1. The van der Waals surface area contributed by atoms with Gasteiger partial charge in [0.05, 0.1) is 6.61 Å². The maximum atomic E-state index is 13.4. The lowest BCUT2D eigenvalue weighted by Crippen LogP contribution is -2.26. The Hall–Kier alpha value is -0.980. The van der Waals surface area contributed by atoms with E-state index in [1.54, 1.807) is 0 Å². The van der Waals surface area contributed by atoms with Crippen molar-refractivity contribution in [1.29, 1.82) is 0 Å². The van der Waals surface area contributed by atoms with Gasteiger partial charge >= 0.3 is 0 Å². The fourth-order valence-corrected chi connectivity index (χ4v) is 2.72. The van der Waals surface area contributed by atoms with Crippen LogP contribution in [0.25, 0.3) is 0 Å². The number of aliphatic hydroxyl groups is 1. The van der Waals surface area contributed by atoms with E-state index in [9.17, 15) is 12.8 Å². The second-order valence-corrected chi connectivity index (χ2v) is 5.95. The predicted molar refractivity (Wildman–Crippen MR) is 60.2 cm³/mol. The minimum absolute atomic E-state index is 0.314. The molecule has 1 aromatic carbocycles. The van der Waals surface area contributed by atoms with E-state index in [0.717, 1.165) is 25.0 Å². The second-order valence-electron chi connectivity index (χ2n) is 4.22. The molecule has 6 heteroatoms. The third-order valence-electron chi connectivity index (χ3n) is 2.73. The first-order valence-corrected chi connectivity index (χ1v) is 6.90. The number of halogens is 1. The lowest BCUT2D eigenvalue weighted by atomic mass is 10.2. The highest BCUT2D eigenvalue weighted by atomic mass is 32.2. The molecule has 17 heavy (non-hydrogen) atoms. The third-order valence-corrected chi connectivity index (χ3v) is 4.17. The number of sulfonamides is 1. The number of hydrogen-bond donors (Lipinski definition) is 2. The molecule has 2 N–H and O–H groups in total. The van der Waals surface area contributed by atoms with Crippen molar-refractivity contribution in [2.75, 3.05) is 6.54 Å². The molecule has 94 valence electrons. The van der Waals surface area contributed by atoms with Gasteiger partial charge in [-0.05, 0) is 36.5 Å². The van der Waals surface area contributed by atoms with E-state index in [1.165, 1.54) is 6.07 Å². The van der Waals surface area contributed by atoms with E-state index < -0.39 is 20.7 Å². The molecule has 1 aromatic rings. The van der Waals surface area contributed by atoms with Crippen LogP contribution < -0.4 is 4.72 Å². The molecule has 1 aliphatic rings. The molecular weight excluding hydrogens is 245 g/mol. The van der Waals surface area contributed by atoms with Crippen LogP contribution in [0.2, 0.25) is 0 Å². The average Bonchev–Trinajstić information content (AvgIpc) is 3.11.